The lowest BCUT2D eigenvalue weighted by Gasteiger charge is -2.17. The summed E-state index contributed by atoms with van der Waals surface area (Å²) < 4.78 is 4.35. The number of carbonyl (C=O) groups is 1. The number of benzene rings is 2. The highest BCUT2D eigenvalue weighted by molar-refractivity contribution is 6.31. The molecule has 0 unspecified atom stereocenters. The highest BCUT2D eigenvalue weighted by Crippen LogP contribution is 2.18. The van der Waals surface area contributed by atoms with Crippen LogP contribution in [0.3, 0.4) is 0 Å². The lowest BCUT2D eigenvalue weighted by molar-refractivity contribution is -0.119. The number of carbonyl (C=O) groups excluding carboxylic acids is 1. The Morgan fingerprint density at radius 3 is 2.51 bits per heavy atom. The molecule has 182 valence electrons. The first-order valence-electron chi connectivity index (χ1n) is 11.1. The third-order valence-electron chi connectivity index (χ3n) is 5.58. The quantitative estimate of drug-likeness (QED) is 0.312. The Labute approximate surface area is 206 Å². The van der Waals surface area contributed by atoms with Crippen molar-refractivity contribution in [3.63, 3.8) is 0 Å². The van der Waals surface area contributed by atoms with E-state index < -0.39 is 24.7 Å². The van der Waals surface area contributed by atoms with Gasteiger partial charge < -0.3 is 15.5 Å². The van der Waals surface area contributed by atoms with Gasteiger partial charge in [-0.15, -0.1) is 0 Å². The topological polar surface area (TPSA) is 114 Å². The van der Waals surface area contributed by atoms with Gasteiger partial charge in [0.05, 0.1) is 25.8 Å². The maximum atomic E-state index is 13.3. The van der Waals surface area contributed by atoms with Crippen molar-refractivity contribution < 1.29 is 15.0 Å². The molecule has 3 N–H and O–H groups in total. The highest BCUT2D eigenvalue weighted by Gasteiger charge is 2.24. The summed E-state index contributed by atoms with van der Waals surface area (Å²) >= 11 is 6.26. The Balaban J connectivity index is 1.59. The molecule has 4 aromatic rings. The lowest BCUT2D eigenvalue weighted by Crippen LogP contribution is -2.35. The van der Waals surface area contributed by atoms with Crippen LogP contribution in [0.4, 0.5) is 5.82 Å². The third kappa shape index (κ3) is 6.07. The SMILES string of the molecule is O=C(Nc1ccn(C[C@@H](O)CO)n1)[C@H](Cc1ccccc1)n1ccn(Cc2ccccc2Cl)c1=O. The molecule has 0 aliphatic carbocycles. The number of nitrogens with zero attached hydrogens (tertiary/aromatic N) is 4. The molecular weight excluding hydrogens is 470 g/mol. The van der Waals surface area contributed by atoms with E-state index in [1.165, 1.54) is 13.8 Å². The maximum Gasteiger partial charge on any atom is 0.329 e. The molecule has 2 aromatic carbocycles. The Morgan fingerprint density at radius 2 is 1.77 bits per heavy atom. The molecule has 0 saturated heterocycles. The summed E-state index contributed by atoms with van der Waals surface area (Å²) in [6.07, 6.45) is 4.17. The van der Waals surface area contributed by atoms with Gasteiger partial charge in [-0.2, -0.15) is 5.10 Å². The van der Waals surface area contributed by atoms with Gasteiger partial charge in [-0.05, 0) is 17.2 Å². The summed E-state index contributed by atoms with van der Waals surface area (Å²) in [5.74, 6) is -0.124. The van der Waals surface area contributed by atoms with E-state index in [-0.39, 0.29) is 24.6 Å². The van der Waals surface area contributed by atoms with Gasteiger partial charge in [0.25, 0.3) is 0 Å². The Kier molecular flexibility index (Phi) is 7.81. The molecule has 0 aliphatic rings. The lowest BCUT2D eigenvalue weighted by atomic mass is 10.1. The largest absolute Gasteiger partial charge is 0.394 e. The van der Waals surface area contributed by atoms with E-state index in [4.69, 9.17) is 16.7 Å². The average Bonchev–Trinajstić information content (AvgIpc) is 3.45. The summed E-state index contributed by atoms with van der Waals surface area (Å²) in [7, 11) is 0. The van der Waals surface area contributed by atoms with Crippen LogP contribution < -0.4 is 11.0 Å². The van der Waals surface area contributed by atoms with Gasteiger partial charge in [0.15, 0.2) is 5.82 Å². The second kappa shape index (κ2) is 11.2. The third-order valence-corrected chi connectivity index (χ3v) is 5.95. The van der Waals surface area contributed by atoms with Crippen molar-refractivity contribution in [2.45, 2.75) is 31.7 Å². The molecule has 10 heteroatoms. The van der Waals surface area contributed by atoms with Crippen LogP contribution in [0.1, 0.15) is 17.2 Å². The standard InChI is InChI=1S/C25H26ClN5O4/c26-21-9-5-4-8-19(21)15-29-12-13-31(25(29)35)22(14-18-6-2-1-3-7-18)24(34)27-23-10-11-30(28-23)16-20(33)17-32/h1-13,20,22,32-33H,14-17H2,(H,27,28,34)/t20-,22+/m1/s1. The average molecular weight is 496 g/mol. The van der Waals surface area contributed by atoms with Gasteiger partial charge >= 0.3 is 5.69 Å². The first kappa shape index (κ1) is 24.5. The second-order valence-electron chi connectivity index (χ2n) is 8.16. The number of aliphatic hydroxyl groups is 2. The minimum Gasteiger partial charge on any atom is -0.394 e. The molecule has 9 nitrogen and oxygen atoms in total. The minimum atomic E-state index is -0.958. The highest BCUT2D eigenvalue weighted by atomic mass is 35.5. The van der Waals surface area contributed by atoms with Crippen LogP contribution in [0.2, 0.25) is 5.02 Å². The summed E-state index contributed by atoms with van der Waals surface area (Å²) in [5, 5.41) is 26.2. The zero-order valence-corrected chi connectivity index (χ0v) is 19.6. The first-order valence-corrected chi connectivity index (χ1v) is 11.5. The number of rotatable bonds is 10. The van der Waals surface area contributed by atoms with Crippen LogP contribution in [0.5, 0.6) is 0 Å². The fourth-order valence-electron chi connectivity index (χ4n) is 3.76. The number of hydrogen-bond donors (Lipinski definition) is 3. The minimum absolute atomic E-state index is 0.0875. The second-order valence-corrected chi connectivity index (χ2v) is 8.57. The van der Waals surface area contributed by atoms with Crippen LogP contribution in [0.15, 0.2) is 84.0 Å². The van der Waals surface area contributed by atoms with Gasteiger partial charge in [-0.3, -0.25) is 18.6 Å². The monoisotopic (exact) mass is 495 g/mol. The van der Waals surface area contributed by atoms with E-state index in [9.17, 15) is 14.7 Å². The number of aliphatic hydroxyl groups excluding tert-OH is 2. The molecule has 0 aliphatic heterocycles. The molecule has 4 rings (SSSR count). The van der Waals surface area contributed by atoms with E-state index in [0.29, 0.717) is 11.4 Å². The summed E-state index contributed by atoms with van der Waals surface area (Å²) in [6, 6.07) is 17.5. The number of anilines is 1. The van der Waals surface area contributed by atoms with Crippen LogP contribution in [0.25, 0.3) is 0 Å². The van der Waals surface area contributed by atoms with Crippen molar-refractivity contribution in [2.75, 3.05) is 11.9 Å². The van der Waals surface area contributed by atoms with Crippen molar-refractivity contribution in [1.82, 2.24) is 18.9 Å². The molecule has 1 amide bonds. The Hall–Kier alpha value is -3.66. The Morgan fingerprint density at radius 1 is 1.03 bits per heavy atom. The molecule has 2 aromatic heterocycles. The fourth-order valence-corrected chi connectivity index (χ4v) is 3.96. The number of hydrogen-bond acceptors (Lipinski definition) is 5. The van der Waals surface area contributed by atoms with Crippen molar-refractivity contribution in [3.05, 3.63) is 106 Å². The summed E-state index contributed by atoms with van der Waals surface area (Å²) in [6.45, 7) is -0.0260. The van der Waals surface area contributed by atoms with E-state index >= 15 is 0 Å². The molecule has 0 radical (unpaired) electrons. The van der Waals surface area contributed by atoms with E-state index in [1.54, 1.807) is 30.7 Å². The Bertz CT molecular complexity index is 1330. The van der Waals surface area contributed by atoms with E-state index in [1.807, 2.05) is 48.5 Å². The number of nitrogens with one attached hydrogen (secondary N) is 1. The smallest absolute Gasteiger partial charge is 0.329 e. The van der Waals surface area contributed by atoms with Crippen molar-refractivity contribution >= 4 is 23.3 Å². The van der Waals surface area contributed by atoms with Crippen LogP contribution >= 0.6 is 11.6 Å². The number of halogens is 1. The molecule has 0 bridgehead atoms. The maximum absolute atomic E-state index is 13.3. The van der Waals surface area contributed by atoms with Crippen molar-refractivity contribution in [3.8, 4) is 0 Å². The van der Waals surface area contributed by atoms with Crippen molar-refractivity contribution in [2.24, 2.45) is 0 Å². The van der Waals surface area contributed by atoms with Gasteiger partial charge in [-0.25, -0.2) is 4.79 Å². The molecular formula is C25H26ClN5O4. The normalized spacial score (nSPS) is 12.9. The van der Waals surface area contributed by atoms with Gasteiger partial charge in [0.1, 0.15) is 6.04 Å². The predicted octanol–water partition coefficient (Wildman–Crippen LogP) is 2.32. The summed E-state index contributed by atoms with van der Waals surface area (Å²) in [5.41, 5.74) is 1.36. The zero-order chi connectivity index (χ0) is 24.8. The molecule has 0 fully saturated rings. The van der Waals surface area contributed by atoms with Crippen LogP contribution in [-0.2, 0) is 24.3 Å². The molecule has 35 heavy (non-hydrogen) atoms. The first-order chi connectivity index (χ1) is 16.9. The molecule has 0 saturated carbocycles. The molecule has 2 heterocycles. The molecule has 0 spiro atoms. The van der Waals surface area contributed by atoms with Crippen LogP contribution in [0, 0.1) is 0 Å². The van der Waals surface area contributed by atoms with E-state index in [0.717, 1.165) is 11.1 Å². The van der Waals surface area contributed by atoms with Gasteiger partial charge in [-0.1, -0.05) is 60.1 Å². The predicted molar refractivity (Wildman–Crippen MR) is 132 cm³/mol. The number of imidazole rings is 1. The number of aromatic nitrogens is 4. The fraction of sp³-hybridized carbons (Fsp3) is 0.240. The summed E-state index contributed by atoms with van der Waals surface area (Å²) in [4.78, 5) is 26.6. The zero-order valence-electron chi connectivity index (χ0n) is 18.9. The van der Waals surface area contributed by atoms with Crippen LogP contribution in [-0.4, -0.2) is 47.7 Å². The molecule has 2 atom stereocenters. The van der Waals surface area contributed by atoms with Crippen molar-refractivity contribution in [1.29, 1.82) is 0 Å². The van der Waals surface area contributed by atoms with Gasteiger partial charge in [0, 0.05) is 36.1 Å². The van der Waals surface area contributed by atoms with Gasteiger partial charge in [0.2, 0.25) is 5.91 Å². The number of amides is 1. The van der Waals surface area contributed by atoms with E-state index in [2.05, 4.69) is 10.4 Å².